The third kappa shape index (κ3) is 5.61. The lowest BCUT2D eigenvalue weighted by Crippen LogP contribution is -2.65. The van der Waals surface area contributed by atoms with Crippen molar-refractivity contribution in [1.29, 1.82) is 0 Å². The number of esters is 1. The molecule has 0 spiro atoms. The van der Waals surface area contributed by atoms with E-state index in [9.17, 15) is 19.8 Å². The van der Waals surface area contributed by atoms with Crippen molar-refractivity contribution in [2.75, 3.05) is 13.7 Å². The van der Waals surface area contributed by atoms with Gasteiger partial charge in [-0.15, -0.1) is 0 Å². The van der Waals surface area contributed by atoms with E-state index >= 15 is 0 Å². The van der Waals surface area contributed by atoms with E-state index in [2.05, 4.69) is 5.32 Å². The minimum absolute atomic E-state index is 0.0179. The second-order valence-corrected chi connectivity index (χ2v) is 8.50. The van der Waals surface area contributed by atoms with Crippen molar-refractivity contribution in [1.82, 2.24) is 5.32 Å². The summed E-state index contributed by atoms with van der Waals surface area (Å²) in [5.74, 6) is -0.978. The number of cyclic esters (lactones) is 1. The average molecular weight is 484 g/mol. The first-order chi connectivity index (χ1) is 16.9. The highest BCUT2D eigenvalue weighted by atomic mass is 16.8. The summed E-state index contributed by atoms with van der Waals surface area (Å²) in [6.45, 7) is 1.26. The first-order valence-electron chi connectivity index (χ1n) is 11.4. The van der Waals surface area contributed by atoms with E-state index in [4.69, 9.17) is 18.9 Å². The van der Waals surface area contributed by atoms with Crippen LogP contribution in [0.4, 0.5) is 0 Å². The fourth-order valence-electron chi connectivity index (χ4n) is 4.33. The smallest absolute Gasteiger partial charge is 0.337 e. The maximum atomic E-state index is 13.0. The predicted molar refractivity (Wildman–Crippen MR) is 125 cm³/mol. The summed E-state index contributed by atoms with van der Waals surface area (Å²) in [5, 5.41) is 23.7. The van der Waals surface area contributed by atoms with Crippen LogP contribution in [0.25, 0.3) is 5.57 Å². The first-order valence-corrected chi connectivity index (χ1v) is 11.4. The van der Waals surface area contributed by atoms with Crippen molar-refractivity contribution in [3.8, 4) is 0 Å². The summed E-state index contributed by atoms with van der Waals surface area (Å²) >= 11 is 0. The number of carbonyl (C=O) groups is 2. The van der Waals surface area contributed by atoms with Crippen LogP contribution in [-0.4, -0.2) is 72.7 Å². The Hall–Kier alpha value is -3.08. The highest BCUT2D eigenvalue weighted by Crippen LogP contribution is 2.36. The third-order valence-electron chi connectivity index (χ3n) is 5.99. The van der Waals surface area contributed by atoms with Gasteiger partial charge in [0.15, 0.2) is 6.29 Å². The molecule has 1 saturated heterocycles. The Morgan fingerprint density at radius 1 is 1.03 bits per heavy atom. The number of rotatable bonds is 8. The van der Waals surface area contributed by atoms with Gasteiger partial charge in [0.2, 0.25) is 12.2 Å². The van der Waals surface area contributed by atoms with E-state index < -0.39 is 48.8 Å². The SMILES string of the molecule is COC[C@@H]1O[C@H](O[C@@H]2OC(=O)C(Cc3ccccc3)=C2c2ccccc2)[C@H](NC(C)=O)[C@H](O)[C@@H]1O. The van der Waals surface area contributed by atoms with Crippen molar-refractivity contribution in [2.45, 2.75) is 50.3 Å². The summed E-state index contributed by atoms with van der Waals surface area (Å²) < 4.78 is 22.7. The fourth-order valence-corrected chi connectivity index (χ4v) is 4.33. The van der Waals surface area contributed by atoms with Crippen molar-refractivity contribution < 1.29 is 38.7 Å². The Morgan fingerprint density at radius 2 is 1.69 bits per heavy atom. The van der Waals surface area contributed by atoms with Crippen molar-refractivity contribution >= 4 is 17.4 Å². The molecule has 1 amide bonds. The molecule has 3 N–H and O–H groups in total. The molecule has 4 rings (SSSR count). The van der Waals surface area contributed by atoms with E-state index in [1.807, 2.05) is 60.7 Å². The quantitative estimate of drug-likeness (QED) is 0.479. The van der Waals surface area contributed by atoms with Gasteiger partial charge in [0.05, 0.1) is 12.2 Å². The summed E-state index contributed by atoms with van der Waals surface area (Å²) in [6, 6.07) is 17.6. The van der Waals surface area contributed by atoms with E-state index in [0.717, 1.165) is 11.1 Å². The molecule has 0 saturated carbocycles. The molecule has 1 fully saturated rings. The number of amides is 1. The van der Waals surface area contributed by atoms with Crippen molar-refractivity contribution in [3.05, 3.63) is 77.4 Å². The third-order valence-corrected chi connectivity index (χ3v) is 5.99. The van der Waals surface area contributed by atoms with Crippen LogP contribution in [0.2, 0.25) is 0 Å². The molecule has 2 aliphatic heterocycles. The molecule has 0 aromatic heterocycles. The fraction of sp³-hybridized carbons (Fsp3) is 0.385. The van der Waals surface area contributed by atoms with Gasteiger partial charge in [-0.05, 0) is 11.1 Å². The van der Waals surface area contributed by atoms with Gasteiger partial charge < -0.3 is 34.5 Å². The topological polar surface area (TPSA) is 124 Å². The first kappa shape index (κ1) is 25.0. The van der Waals surface area contributed by atoms with Gasteiger partial charge in [0.25, 0.3) is 0 Å². The number of aliphatic hydroxyl groups is 2. The lowest BCUT2D eigenvalue weighted by molar-refractivity contribution is -0.297. The van der Waals surface area contributed by atoms with Gasteiger partial charge in [0.1, 0.15) is 24.4 Å². The molecule has 186 valence electrons. The zero-order valence-electron chi connectivity index (χ0n) is 19.5. The standard InChI is InChI=1S/C26H29NO8/c1-15(28)27-21-23(30)22(29)19(14-32-2)33-26(21)35-25-20(17-11-7-4-8-12-17)18(24(31)34-25)13-16-9-5-3-6-10-16/h3-12,19,21-23,25-26,29-30H,13-14H2,1-2H3,(H,27,28)/t19-,21+,22+,23-,25-,26+/m0/s1. The molecule has 2 aliphatic rings. The normalized spacial score (nSPS) is 28.6. The van der Waals surface area contributed by atoms with Gasteiger partial charge >= 0.3 is 5.97 Å². The molecule has 2 heterocycles. The van der Waals surface area contributed by atoms with E-state index in [-0.39, 0.29) is 6.61 Å². The zero-order chi connectivity index (χ0) is 24.9. The number of benzene rings is 2. The Bertz CT molecular complexity index is 1060. The molecule has 2 aromatic rings. The second kappa shape index (κ2) is 11.1. The molecular formula is C26H29NO8. The number of hydrogen-bond donors (Lipinski definition) is 3. The summed E-state index contributed by atoms with van der Waals surface area (Å²) in [5.41, 5.74) is 2.63. The minimum atomic E-state index is -1.40. The number of carbonyl (C=O) groups excluding carboxylic acids is 2. The van der Waals surface area contributed by atoms with Crippen LogP contribution >= 0.6 is 0 Å². The van der Waals surface area contributed by atoms with Crippen molar-refractivity contribution in [2.24, 2.45) is 0 Å². The monoisotopic (exact) mass is 483 g/mol. The molecular weight excluding hydrogens is 454 g/mol. The average Bonchev–Trinajstić information content (AvgIpc) is 3.15. The molecule has 9 nitrogen and oxygen atoms in total. The lowest BCUT2D eigenvalue weighted by atomic mass is 9.95. The van der Waals surface area contributed by atoms with Crippen LogP contribution in [-0.2, 0) is 35.0 Å². The highest BCUT2D eigenvalue weighted by molar-refractivity contribution is 6.02. The number of nitrogens with one attached hydrogen (secondary N) is 1. The van der Waals surface area contributed by atoms with Gasteiger partial charge in [-0.2, -0.15) is 0 Å². The van der Waals surface area contributed by atoms with Crippen LogP contribution < -0.4 is 5.32 Å². The molecule has 2 aromatic carbocycles. The van der Waals surface area contributed by atoms with Gasteiger partial charge in [-0.1, -0.05) is 60.7 Å². The molecule has 0 aliphatic carbocycles. The molecule has 9 heteroatoms. The van der Waals surface area contributed by atoms with E-state index in [0.29, 0.717) is 17.6 Å². The van der Waals surface area contributed by atoms with E-state index in [1.54, 1.807) is 0 Å². The lowest BCUT2D eigenvalue weighted by Gasteiger charge is -2.43. The summed E-state index contributed by atoms with van der Waals surface area (Å²) in [6.07, 6.45) is -5.70. The maximum Gasteiger partial charge on any atom is 0.337 e. The Labute approximate surface area is 203 Å². The summed E-state index contributed by atoms with van der Waals surface area (Å²) in [4.78, 5) is 24.8. The Morgan fingerprint density at radius 3 is 2.31 bits per heavy atom. The van der Waals surface area contributed by atoms with E-state index in [1.165, 1.54) is 14.0 Å². The van der Waals surface area contributed by atoms with Gasteiger partial charge in [0, 0.05) is 26.0 Å². The van der Waals surface area contributed by atoms with Gasteiger partial charge in [-0.25, -0.2) is 4.79 Å². The zero-order valence-corrected chi connectivity index (χ0v) is 19.5. The minimum Gasteiger partial charge on any atom is -0.428 e. The largest absolute Gasteiger partial charge is 0.428 e. The predicted octanol–water partition coefficient (Wildman–Crippen LogP) is 1.18. The Balaban J connectivity index is 1.68. The van der Waals surface area contributed by atoms with Gasteiger partial charge in [-0.3, -0.25) is 4.79 Å². The highest BCUT2D eigenvalue weighted by Gasteiger charge is 2.48. The van der Waals surface area contributed by atoms with Crippen LogP contribution in [0.5, 0.6) is 0 Å². The molecule has 0 bridgehead atoms. The molecule has 35 heavy (non-hydrogen) atoms. The second-order valence-electron chi connectivity index (χ2n) is 8.50. The molecule has 0 radical (unpaired) electrons. The number of hydrogen-bond acceptors (Lipinski definition) is 8. The van der Waals surface area contributed by atoms with Crippen LogP contribution in [0.1, 0.15) is 18.1 Å². The van der Waals surface area contributed by atoms with Crippen LogP contribution in [0, 0.1) is 0 Å². The molecule has 0 unspecified atom stereocenters. The van der Waals surface area contributed by atoms with Crippen molar-refractivity contribution in [3.63, 3.8) is 0 Å². The maximum absolute atomic E-state index is 13.0. The van der Waals surface area contributed by atoms with Crippen LogP contribution in [0.15, 0.2) is 66.2 Å². The summed E-state index contributed by atoms with van der Waals surface area (Å²) in [7, 11) is 1.43. The molecule has 6 atom stereocenters. The number of aliphatic hydroxyl groups excluding tert-OH is 2. The van der Waals surface area contributed by atoms with Crippen LogP contribution in [0.3, 0.4) is 0 Å². The Kier molecular flexibility index (Phi) is 7.94. The number of ether oxygens (including phenoxy) is 4. The number of methoxy groups -OCH3 is 1.